The third-order valence-electron chi connectivity index (χ3n) is 4.51. The van der Waals surface area contributed by atoms with Gasteiger partial charge in [-0.1, -0.05) is 36.4 Å². The topological polar surface area (TPSA) is 77.8 Å². The van der Waals surface area contributed by atoms with Gasteiger partial charge in [-0.2, -0.15) is 0 Å². The molecule has 2 N–H and O–H groups in total. The third kappa shape index (κ3) is 3.80. The van der Waals surface area contributed by atoms with Crippen molar-refractivity contribution in [3.63, 3.8) is 0 Å². The Bertz CT molecular complexity index is 1210. The zero-order valence-electron chi connectivity index (χ0n) is 14.7. The normalized spacial score (nSPS) is 15.7. The molecular weight excluding hydrogens is 522 g/mol. The van der Waals surface area contributed by atoms with Crippen LogP contribution in [0.4, 0.5) is 4.79 Å². The second-order valence-corrected chi connectivity index (χ2v) is 9.05. The highest BCUT2D eigenvalue weighted by Crippen LogP contribution is 2.43. The van der Waals surface area contributed by atoms with E-state index in [-0.39, 0.29) is 32.7 Å². The number of hydrogen-bond donors (Lipinski definition) is 2. The molecule has 1 saturated heterocycles. The summed E-state index contributed by atoms with van der Waals surface area (Å²) < 4.78 is 0.456. The van der Waals surface area contributed by atoms with Crippen molar-refractivity contribution in [2.75, 3.05) is 0 Å². The number of fused-ring (bicyclic) bond motifs is 1. The molecule has 8 heteroatoms. The zero-order chi connectivity index (χ0) is 20.7. The summed E-state index contributed by atoms with van der Waals surface area (Å²) in [5.74, 6) is -0.788. The molecule has 0 aliphatic carbocycles. The number of imide groups is 1. The van der Waals surface area contributed by atoms with Crippen LogP contribution in [0, 0.1) is 0 Å². The van der Waals surface area contributed by atoms with Crippen molar-refractivity contribution < 1.29 is 19.8 Å². The Morgan fingerprint density at radius 1 is 0.966 bits per heavy atom. The Balaban J connectivity index is 1.63. The number of amides is 2. The molecular formula is C21H13Br2NO4S. The monoisotopic (exact) mass is 533 g/mol. The zero-order valence-corrected chi connectivity index (χ0v) is 18.7. The Morgan fingerprint density at radius 3 is 2.45 bits per heavy atom. The van der Waals surface area contributed by atoms with Crippen LogP contribution in [0.3, 0.4) is 0 Å². The highest BCUT2D eigenvalue weighted by atomic mass is 79.9. The minimum Gasteiger partial charge on any atom is -0.506 e. The number of hydrogen-bond acceptors (Lipinski definition) is 5. The van der Waals surface area contributed by atoms with Crippen LogP contribution in [0.15, 0.2) is 62.4 Å². The molecule has 4 rings (SSSR count). The van der Waals surface area contributed by atoms with Crippen molar-refractivity contribution in [2.24, 2.45) is 0 Å². The van der Waals surface area contributed by atoms with E-state index in [1.165, 1.54) is 17.0 Å². The van der Waals surface area contributed by atoms with E-state index in [0.717, 1.165) is 28.1 Å². The molecule has 0 radical (unpaired) electrons. The minimum atomic E-state index is -0.423. The van der Waals surface area contributed by atoms with E-state index in [0.29, 0.717) is 10.0 Å². The molecule has 0 aromatic heterocycles. The molecule has 1 fully saturated rings. The first kappa shape index (κ1) is 20.0. The van der Waals surface area contributed by atoms with E-state index in [2.05, 4.69) is 31.9 Å². The highest BCUT2D eigenvalue weighted by Gasteiger charge is 2.35. The maximum Gasteiger partial charge on any atom is 0.293 e. The fraction of sp³-hybridized carbons (Fsp3) is 0.0476. The molecule has 2 amide bonds. The maximum absolute atomic E-state index is 12.8. The summed E-state index contributed by atoms with van der Waals surface area (Å²) in [6, 6.07) is 15.2. The number of thioether (sulfide) groups is 1. The van der Waals surface area contributed by atoms with Crippen molar-refractivity contribution in [2.45, 2.75) is 6.54 Å². The van der Waals surface area contributed by atoms with E-state index in [1.54, 1.807) is 0 Å². The van der Waals surface area contributed by atoms with Crippen LogP contribution in [0.1, 0.15) is 11.1 Å². The van der Waals surface area contributed by atoms with E-state index in [9.17, 15) is 19.8 Å². The first-order valence-electron chi connectivity index (χ1n) is 8.48. The summed E-state index contributed by atoms with van der Waals surface area (Å²) in [5.41, 5.74) is 1.16. The SMILES string of the molecule is O=C1S/C(=C\c2cc(Br)c(O)c(Br)c2O)C(=O)N1Cc1ccc2ccccc2c1. The fourth-order valence-corrected chi connectivity index (χ4v) is 5.01. The van der Waals surface area contributed by atoms with Gasteiger partial charge in [-0.25, -0.2) is 0 Å². The van der Waals surface area contributed by atoms with Gasteiger partial charge >= 0.3 is 0 Å². The number of phenols is 2. The van der Waals surface area contributed by atoms with Gasteiger partial charge in [0.25, 0.3) is 11.1 Å². The Kier molecular flexibility index (Phi) is 5.42. The molecule has 1 aliphatic heterocycles. The van der Waals surface area contributed by atoms with Gasteiger partial charge in [-0.3, -0.25) is 14.5 Å². The number of halogens is 2. The number of rotatable bonds is 3. The number of aromatic hydroxyl groups is 2. The van der Waals surface area contributed by atoms with Crippen LogP contribution >= 0.6 is 43.6 Å². The van der Waals surface area contributed by atoms with Gasteiger partial charge in [0, 0.05) is 5.56 Å². The predicted molar refractivity (Wildman–Crippen MR) is 121 cm³/mol. The third-order valence-corrected chi connectivity index (χ3v) is 6.78. The van der Waals surface area contributed by atoms with Gasteiger partial charge < -0.3 is 10.2 Å². The summed E-state index contributed by atoms with van der Waals surface area (Å²) in [5, 5.41) is 21.8. The predicted octanol–water partition coefficient (Wildman–Crippen LogP) is 6.01. The maximum atomic E-state index is 12.8. The molecule has 0 unspecified atom stereocenters. The fourth-order valence-electron chi connectivity index (χ4n) is 3.02. The number of benzene rings is 3. The van der Waals surface area contributed by atoms with E-state index < -0.39 is 5.91 Å². The average Bonchev–Trinajstić information content (AvgIpc) is 2.97. The number of phenolic OH excluding ortho intramolecular Hbond substituents is 2. The molecule has 1 heterocycles. The van der Waals surface area contributed by atoms with Crippen LogP contribution in [-0.2, 0) is 11.3 Å². The van der Waals surface area contributed by atoms with Gasteiger partial charge in [0.05, 0.1) is 15.9 Å². The number of carbonyl (C=O) groups excluding carboxylic acids is 2. The summed E-state index contributed by atoms with van der Waals surface area (Å²) in [7, 11) is 0. The molecule has 29 heavy (non-hydrogen) atoms. The van der Waals surface area contributed by atoms with Crippen LogP contribution < -0.4 is 0 Å². The van der Waals surface area contributed by atoms with E-state index in [4.69, 9.17) is 0 Å². The number of nitrogens with zero attached hydrogens (tertiary/aromatic N) is 1. The molecule has 0 atom stereocenters. The molecule has 146 valence electrons. The highest BCUT2D eigenvalue weighted by molar-refractivity contribution is 9.11. The summed E-state index contributed by atoms with van der Waals surface area (Å²) in [6.07, 6.45) is 1.44. The van der Waals surface area contributed by atoms with Crippen LogP contribution in [0.5, 0.6) is 11.5 Å². The van der Waals surface area contributed by atoms with Crippen molar-refractivity contribution in [3.05, 3.63) is 73.5 Å². The largest absolute Gasteiger partial charge is 0.506 e. The summed E-state index contributed by atoms with van der Waals surface area (Å²) in [4.78, 5) is 26.6. The van der Waals surface area contributed by atoms with Crippen molar-refractivity contribution >= 4 is 71.6 Å². The smallest absolute Gasteiger partial charge is 0.293 e. The second-order valence-electron chi connectivity index (χ2n) is 6.41. The van der Waals surface area contributed by atoms with Gasteiger partial charge in [0.15, 0.2) is 0 Å². The summed E-state index contributed by atoms with van der Waals surface area (Å²) >= 11 is 7.12. The van der Waals surface area contributed by atoms with Crippen molar-refractivity contribution in [1.82, 2.24) is 4.90 Å². The first-order valence-corrected chi connectivity index (χ1v) is 10.9. The lowest BCUT2D eigenvalue weighted by Gasteiger charge is -2.13. The molecule has 0 spiro atoms. The molecule has 0 saturated carbocycles. The Labute approximate surface area is 187 Å². The molecule has 3 aromatic rings. The lowest BCUT2D eigenvalue weighted by molar-refractivity contribution is -0.123. The second kappa shape index (κ2) is 7.85. The van der Waals surface area contributed by atoms with E-state index in [1.807, 2.05) is 42.5 Å². The lowest BCUT2D eigenvalue weighted by Crippen LogP contribution is -2.27. The Morgan fingerprint density at radius 2 is 1.69 bits per heavy atom. The molecule has 0 bridgehead atoms. The van der Waals surface area contributed by atoms with Gasteiger partial charge in [0.1, 0.15) is 16.0 Å². The molecule has 1 aliphatic rings. The summed E-state index contributed by atoms with van der Waals surface area (Å²) in [6.45, 7) is 0.168. The molecule has 5 nitrogen and oxygen atoms in total. The average molecular weight is 535 g/mol. The quantitative estimate of drug-likeness (QED) is 0.402. The van der Waals surface area contributed by atoms with Gasteiger partial charge in [-0.05, 0) is 78.2 Å². The number of carbonyl (C=O) groups is 2. The minimum absolute atomic E-state index is 0.105. The van der Waals surface area contributed by atoms with Crippen molar-refractivity contribution in [1.29, 1.82) is 0 Å². The van der Waals surface area contributed by atoms with Gasteiger partial charge in [0.2, 0.25) is 0 Å². The van der Waals surface area contributed by atoms with E-state index >= 15 is 0 Å². The van der Waals surface area contributed by atoms with Crippen LogP contribution in [0.25, 0.3) is 16.8 Å². The van der Waals surface area contributed by atoms with Crippen LogP contribution in [0.2, 0.25) is 0 Å². The standard InChI is InChI=1S/C21H13Br2NO4S/c22-15-8-14(18(25)17(23)19(15)26)9-16-20(27)24(21(28)29-16)10-11-5-6-12-3-1-2-4-13(12)7-11/h1-9,25-26H,10H2/b16-9-. The molecule has 3 aromatic carbocycles. The first-order chi connectivity index (χ1) is 13.8. The van der Waals surface area contributed by atoms with Gasteiger partial charge in [-0.15, -0.1) is 0 Å². The lowest BCUT2D eigenvalue weighted by atomic mass is 10.1. The van der Waals surface area contributed by atoms with Crippen LogP contribution in [-0.4, -0.2) is 26.3 Å². The van der Waals surface area contributed by atoms with Crippen molar-refractivity contribution in [3.8, 4) is 11.5 Å². The Hall–Kier alpha value is -2.29.